The lowest BCUT2D eigenvalue weighted by atomic mass is 9.76. The predicted molar refractivity (Wildman–Crippen MR) is 88.2 cm³/mol. The molecular formula is C18H23N3O2. The number of carbonyl (C=O) groups is 2. The average molecular weight is 313 g/mol. The molecule has 2 amide bonds. The molecule has 0 radical (unpaired) electrons. The Hall–Kier alpha value is -1.88. The summed E-state index contributed by atoms with van der Waals surface area (Å²) >= 11 is 0. The van der Waals surface area contributed by atoms with E-state index in [-0.39, 0.29) is 17.9 Å². The van der Waals surface area contributed by atoms with Crippen LogP contribution in [0, 0.1) is 5.41 Å². The summed E-state index contributed by atoms with van der Waals surface area (Å²) < 4.78 is 0. The number of rotatable bonds is 2. The molecule has 122 valence electrons. The molecule has 0 saturated carbocycles. The molecule has 2 heterocycles. The molecule has 1 spiro atoms. The van der Waals surface area contributed by atoms with E-state index >= 15 is 0 Å². The lowest BCUT2D eigenvalue weighted by Gasteiger charge is -2.33. The average Bonchev–Trinajstić information content (AvgIpc) is 2.87. The van der Waals surface area contributed by atoms with Crippen molar-refractivity contribution in [3.63, 3.8) is 0 Å². The molecule has 1 aromatic carbocycles. The van der Waals surface area contributed by atoms with Gasteiger partial charge in [0, 0.05) is 12.1 Å². The van der Waals surface area contributed by atoms with E-state index in [2.05, 4.69) is 34.1 Å². The molecule has 0 aromatic heterocycles. The van der Waals surface area contributed by atoms with Crippen molar-refractivity contribution in [1.29, 1.82) is 0 Å². The molecule has 5 heteroatoms. The smallest absolute Gasteiger partial charge is 0.249 e. The number of piperidine rings is 2. The van der Waals surface area contributed by atoms with Gasteiger partial charge in [0.25, 0.3) is 0 Å². The fourth-order valence-electron chi connectivity index (χ4n) is 4.27. The highest BCUT2D eigenvalue weighted by Gasteiger charge is 2.38. The van der Waals surface area contributed by atoms with Gasteiger partial charge in [0.15, 0.2) is 0 Å². The number of imide groups is 1. The number of nitrogens with one attached hydrogen (secondary N) is 3. The van der Waals surface area contributed by atoms with Gasteiger partial charge in [-0.15, -0.1) is 0 Å². The van der Waals surface area contributed by atoms with Crippen molar-refractivity contribution in [2.45, 2.75) is 44.6 Å². The minimum atomic E-state index is -0.306. The van der Waals surface area contributed by atoms with Crippen LogP contribution in [0.1, 0.15) is 36.8 Å². The number of carbonyl (C=O) groups excluding carboxylic acids is 2. The van der Waals surface area contributed by atoms with Gasteiger partial charge in [0.1, 0.15) is 6.04 Å². The topological polar surface area (TPSA) is 70.2 Å². The molecule has 2 saturated heterocycles. The molecule has 0 bridgehead atoms. The number of hydrogen-bond donors (Lipinski definition) is 3. The molecule has 4 rings (SSSR count). The third kappa shape index (κ3) is 2.85. The fraction of sp³-hybridized carbons (Fsp3) is 0.556. The van der Waals surface area contributed by atoms with E-state index in [1.54, 1.807) is 0 Å². The summed E-state index contributed by atoms with van der Waals surface area (Å²) in [7, 11) is 0. The van der Waals surface area contributed by atoms with Crippen LogP contribution in [0.5, 0.6) is 0 Å². The molecular weight excluding hydrogens is 290 g/mol. The van der Waals surface area contributed by atoms with Crippen molar-refractivity contribution < 1.29 is 9.59 Å². The maximum atomic E-state index is 11.9. The van der Waals surface area contributed by atoms with Crippen molar-refractivity contribution in [3.05, 3.63) is 29.3 Å². The molecule has 2 fully saturated rings. The summed E-state index contributed by atoms with van der Waals surface area (Å²) in [5.41, 5.74) is 4.31. The first-order chi connectivity index (χ1) is 11.1. The van der Waals surface area contributed by atoms with Gasteiger partial charge in [-0.3, -0.25) is 14.9 Å². The van der Waals surface area contributed by atoms with Gasteiger partial charge in [0.2, 0.25) is 11.8 Å². The van der Waals surface area contributed by atoms with Crippen LogP contribution in [0.25, 0.3) is 0 Å². The molecule has 23 heavy (non-hydrogen) atoms. The Kier molecular flexibility index (Phi) is 3.60. The number of fused-ring (bicyclic) bond motifs is 1. The zero-order valence-electron chi connectivity index (χ0n) is 13.3. The van der Waals surface area contributed by atoms with E-state index in [1.807, 2.05) is 0 Å². The molecule has 3 aliphatic rings. The Morgan fingerprint density at radius 3 is 2.65 bits per heavy atom. The van der Waals surface area contributed by atoms with Gasteiger partial charge < -0.3 is 10.6 Å². The zero-order chi connectivity index (χ0) is 15.9. The first kappa shape index (κ1) is 14.7. The first-order valence-corrected chi connectivity index (χ1v) is 8.56. The van der Waals surface area contributed by atoms with Crippen molar-refractivity contribution >= 4 is 17.5 Å². The second-order valence-corrected chi connectivity index (χ2v) is 7.24. The normalized spacial score (nSPS) is 26.0. The molecule has 1 atom stereocenters. The van der Waals surface area contributed by atoms with E-state index in [4.69, 9.17) is 0 Å². The van der Waals surface area contributed by atoms with Crippen molar-refractivity contribution in [1.82, 2.24) is 10.6 Å². The highest BCUT2D eigenvalue weighted by Crippen LogP contribution is 2.44. The van der Waals surface area contributed by atoms with Gasteiger partial charge in [-0.2, -0.15) is 0 Å². The van der Waals surface area contributed by atoms with Gasteiger partial charge in [-0.1, -0.05) is 6.07 Å². The zero-order valence-corrected chi connectivity index (χ0v) is 13.3. The van der Waals surface area contributed by atoms with E-state index in [9.17, 15) is 9.59 Å². The number of anilines is 1. The molecule has 3 N–H and O–H groups in total. The predicted octanol–water partition coefficient (Wildman–Crippen LogP) is 1.37. The maximum absolute atomic E-state index is 11.9. The molecule has 5 nitrogen and oxygen atoms in total. The quantitative estimate of drug-likeness (QED) is 0.721. The van der Waals surface area contributed by atoms with E-state index in [0.29, 0.717) is 18.3 Å². The minimum Gasteiger partial charge on any atom is -0.374 e. The first-order valence-electron chi connectivity index (χ1n) is 8.56. The van der Waals surface area contributed by atoms with E-state index in [1.165, 1.54) is 30.4 Å². The molecule has 1 unspecified atom stereocenters. The maximum Gasteiger partial charge on any atom is 0.249 e. The van der Waals surface area contributed by atoms with E-state index < -0.39 is 0 Å². The van der Waals surface area contributed by atoms with Crippen LogP contribution in [-0.4, -0.2) is 30.9 Å². The van der Waals surface area contributed by atoms with Crippen molar-refractivity contribution in [2.24, 2.45) is 5.41 Å². The van der Waals surface area contributed by atoms with Crippen LogP contribution in [0.3, 0.4) is 0 Å². The third-order valence-electron chi connectivity index (χ3n) is 5.58. The number of amides is 2. The highest BCUT2D eigenvalue weighted by molar-refractivity contribution is 6.01. The number of benzene rings is 1. The highest BCUT2D eigenvalue weighted by atomic mass is 16.2. The summed E-state index contributed by atoms with van der Waals surface area (Å²) in [6.07, 6.45) is 5.80. The molecule has 2 aliphatic heterocycles. The van der Waals surface area contributed by atoms with Crippen molar-refractivity contribution in [2.75, 3.05) is 18.4 Å². The van der Waals surface area contributed by atoms with Crippen LogP contribution in [0.15, 0.2) is 18.2 Å². The van der Waals surface area contributed by atoms with Gasteiger partial charge in [-0.05, 0) is 73.9 Å². The van der Waals surface area contributed by atoms with Crippen LogP contribution in [0.2, 0.25) is 0 Å². The monoisotopic (exact) mass is 313 g/mol. The Balaban J connectivity index is 1.48. The van der Waals surface area contributed by atoms with Gasteiger partial charge in [-0.25, -0.2) is 0 Å². The summed E-state index contributed by atoms with van der Waals surface area (Å²) in [6, 6.07) is 6.18. The molecule has 1 aliphatic carbocycles. The minimum absolute atomic E-state index is 0.171. The molecule has 1 aromatic rings. The van der Waals surface area contributed by atoms with Gasteiger partial charge in [0.05, 0.1) is 0 Å². The lowest BCUT2D eigenvalue weighted by Crippen LogP contribution is -2.47. The Morgan fingerprint density at radius 2 is 1.87 bits per heavy atom. The Labute approximate surface area is 136 Å². The Morgan fingerprint density at radius 1 is 1.09 bits per heavy atom. The summed E-state index contributed by atoms with van der Waals surface area (Å²) in [6.45, 7) is 2.24. The largest absolute Gasteiger partial charge is 0.374 e. The van der Waals surface area contributed by atoms with Crippen LogP contribution in [0.4, 0.5) is 5.69 Å². The standard InChI is InChI=1S/C18H23N3O2/c22-16-4-3-15(17(23)21-16)20-14-2-1-12-10-18(11-13(12)9-14)5-7-19-8-6-18/h1-2,9,15,19-20H,3-8,10-11H2,(H,21,22,23). The fourth-order valence-corrected chi connectivity index (χ4v) is 4.27. The lowest BCUT2D eigenvalue weighted by molar-refractivity contribution is -0.133. The second kappa shape index (κ2) is 5.64. The SMILES string of the molecule is O=C1CCC(Nc2ccc3c(c2)CC2(CCNCC2)C3)C(=O)N1. The number of hydrogen-bond acceptors (Lipinski definition) is 4. The Bertz CT molecular complexity index is 650. The van der Waals surface area contributed by atoms with Gasteiger partial charge >= 0.3 is 0 Å². The third-order valence-corrected chi connectivity index (χ3v) is 5.58. The van der Waals surface area contributed by atoms with E-state index in [0.717, 1.165) is 25.2 Å². The second-order valence-electron chi connectivity index (χ2n) is 7.24. The van der Waals surface area contributed by atoms with Crippen LogP contribution in [-0.2, 0) is 22.4 Å². The van der Waals surface area contributed by atoms with Crippen LogP contribution >= 0.6 is 0 Å². The van der Waals surface area contributed by atoms with Crippen molar-refractivity contribution in [3.8, 4) is 0 Å². The summed E-state index contributed by atoms with van der Waals surface area (Å²) in [5, 5.41) is 9.15. The summed E-state index contributed by atoms with van der Waals surface area (Å²) in [4.78, 5) is 23.1. The summed E-state index contributed by atoms with van der Waals surface area (Å²) in [5.74, 6) is -0.383. The van der Waals surface area contributed by atoms with Crippen LogP contribution < -0.4 is 16.0 Å².